The summed E-state index contributed by atoms with van der Waals surface area (Å²) in [7, 11) is 0. The highest BCUT2D eigenvalue weighted by Gasteiger charge is 2.03. The number of hydrogen-bond donors (Lipinski definition) is 0. The van der Waals surface area contributed by atoms with E-state index in [1.165, 1.54) is 18.4 Å². The Balaban J connectivity index is 2.41. The molecule has 13 heavy (non-hydrogen) atoms. The summed E-state index contributed by atoms with van der Waals surface area (Å²) >= 11 is 0. The molecule has 0 saturated carbocycles. The van der Waals surface area contributed by atoms with E-state index in [0.717, 1.165) is 5.56 Å². The van der Waals surface area contributed by atoms with E-state index in [0.29, 0.717) is 11.6 Å². The number of hydrogen-bond acceptors (Lipinski definition) is 2. The van der Waals surface area contributed by atoms with E-state index in [9.17, 15) is 4.39 Å². The molecule has 0 bridgehead atoms. The third-order valence-electron chi connectivity index (χ3n) is 1.64. The minimum atomic E-state index is -0.273. The largest absolute Gasteiger partial charge is 0.444 e. The predicted molar refractivity (Wildman–Crippen MR) is 46.4 cm³/mol. The van der Waals surface area contributed by atoms with Gasteiger partial charge in [0.15, 0.2) is 0 Å². The van der Waals surface area contributed by atoms with Crippen molar-refractivity contribution >= 4 is 0 Å². The molecule has 1 aromatic heterocycles. The summed E-state index contributed by atoms with van der Waals surface area (Å²) in [6.45, 7) is 3.61. The summed E-state index contributed by atoms with van der Waals surface area (Å²) in [6, 6.07) is 5.95. The van der Waals surface area contributed by atoms with Crippen LogP contribution in [-0.2, 0) is 0 Å². The first kappa shape index (κ1) is 7.98. The molecule has 0 fully saturated rings. The molecule has 3 heteroatoms. The summed E-state index contributed by atoms with van der Waals surface area (Å²) < 4.78 is 17.6. The molecule has 1 radical (unpaired) electrons. The topological polar surface area (TPSA) is 26.0 Å². The first-order valence-corrected chi connectivity index (χ1v) is 3.79. The Morgan fingerprint density at radius 3 is 2.46 bits per heavy atom. The lowest BCUT2D eigenvalue weighted by atomic mass is 10.2. The fourth-order valence-corrected chi connectivity index (χ4v) is 1.03. The molecule has 0 atom stereocenters. The molecule has 0 saturated heterocycles. The fourth-order valence-electron chi connectivity index (χ4n) is 1.03. The van der Waals surface area contributed by atoms with Gasteiger partial charge in [0.1, 0.15) is 12.1 Å². The van der Waals surface area contributed by atoms with Crippen LogP contribution in [0.4, 0.5) is 4.39 Å². The molecule has 0 aliphatic rings. The van der Waals surface area contributed by atoms with Gasteiger partial charge >= 0.3 is 0 Å². The Labute approximate surface area is 75.0 Å². The van der Waals surface area contributed by atoms with Crippen molar-refractivity contribution < 1.29 is 8.81 Å². The zero-order valence-corrected chi connectivity index (χ0v) is 6.83. The first-order valence-electron chi connectivity index (χ1n) is 3.79. The number of aromatic nitrogens is 1. The van der Waals surface area contributed by atoms with Crippen LogP contribution in [0.25, 0.3) is 11.5 Å². The van der Waals surface area contributed by atoms with Crippen LogP contribution in [0.5, 0.6) is 0 Å². The van der Waals surface area contributed by atoms with Crippen LogP contribution in [0, 0.1) is 12.7 Å². The van der Waals surface area contributed by atoms with Crippen LogP contribution < -0.4 is 0 Å². The zero-order chi connectivity index (χ0) is 9.26. The maximum absolute atomic E-state index is 12.5. The molecule has 0 unspecified atom stereocenters. The lowest BCUT2D eigenvalue weighted by Gasteiger charge is -1.93. The summed E-state index contributed by atoms with van der Waals surface area (Å²) in [5.74, 6) is 0.190. The lowest BCUT2D eigenvalue weighted by molar-refractivity contribution is 0.573. The maximum atomic E-state index is 12.5. The van der Waals surface area contributed by atoms with E-state index >= 15 is 0 Å². The van der Waals surface area contributed by atoms with Crippen molar-refractivity contribution in [3.63, 3.8) is 0 Å². The second-order valence-electron chi connectivity index (χ2n) is 2.65. The van der Waals surface area contributed by atoms with E-state index in [2.05, 4.69) is 11.9 Å². The van der Waals surface area contributed by atoms with Gasteiger partial charge in [0, 0.05) is 5.56 Å². The van der Waals surface area contributed by atoms with Gasteiger partial charge < -0.3 is 4.42 Å². The van der Waals surface area contributed by atoms with Gasteiger partial charge in [0.05, 0.1) is 5.69 Å². The molecule has 0 N–H and O–H groups in total. The average Bonchev–Trinajstić information content (AvgIpc) is 2.53. The van der Waals surface area contributed by atoms with Crippen LogP contribution in [0.15, 0.2) is 34.9 Å². The molecular weight excluding hydrogens is 169 g/mol. The van der Waals surface area contributed by atoms with Crippen LogP contribution >= 0.6 is 0 Å². The van der Waals surface area contributed by atoms with Crippen molar-refractivity contribution in [1.29, 1.82) is 0 Å². The molecule has 1 aromatic carbocycles. The van der Waals surface area contributed by atoms with Crippen molar-refractivity contribution in [2.45, 2.75) is 0 Å². The monoisotopic (exact) mass is 176 g/mol. The summed E-state index contributed by atoms with van der Waals surface area (Å²) in [5, 5.41) is 0. The van der Waals surface area contributed by atoms with Crippen molar-refractivity contribution in [3.05, 3.63) is 49.0 Å². The lowest BCUT2D eigenvalue weighted by Crippen LogP contribution is -1.78. The third-order valence-corrected chi connectivity index (χ3v) is 1.64. The summed E-state index contributed by atoms with van der Waals surface area (Å²) in [4.78, 5) is 4.01. The number of nitrogens with zero attached hydrogens (tertiary/aromatic N) is 1. The SMILES string of the molecule is [CH2]c1coc(-c2ccc(F)cc2)n1. The van der Waals surface area contributed by atoms with Crippen LogP contribution in [0.2, 0.25) is 0 Å². The molecule has 0 aliphatic heterocycles. The van der Waals surface area contributed by atoms with Gasteiger partial charge in [-0.25, -0.2) is 9.37 Å². The molecule has 65 valence electrons. The Hall–Kier alpha value is -1.64. The standard InChI is InChI=1S/C10H7FNO/c1-7-6-13-10(12-7)8-2-4-9(11)5-3-8/h2-6H,1H2. The van der Waals surface area contributed by atoms with Gasteiger partial charge in [-0.05, 0) is 31.2 Å². The normalized spacial score (nSPS) is 10.3. The van der Waals surface area contributed by atoms with E-state index in [1.807, 2.05) is 0 Å². The Morgan fingerprint density at radius 2 is 1.92 bits per heavy atom. The van der Waals surface area contributed by atoms with Gasteiger partial charge in [-0.1, -0.05) is 0 Å². The average molecular weight is 176 g/mol. The molecule has 2 nitrogen and oxygen atoms in total. The van der Waals surface area contributed by atoms with E-state index in [4.69, 9.17) is 4.42 Å². The molecule has 0 amide bonds. The first-order chi connectivity index (χ1) is 6.25. The van der Waals surface area contributed by atoms with E-state index < -0.39 is 0 Å². The summed E-state index contributed by atoms with van der Waals surface area (Å²) in [5.41, 5.74) is 1.32. The fraction of sp³-hybridized carbons (Fsp3) is 0. The summed E-state index contributed by atoms with van der Waals surface area (Å²) in [6.07, 6.45) is 1.46. The molecular formula is C10H7FNO. The minimum absolute atomic E-state index is 0.273. The highest BCUT2D eigenvalue weighted by molar-refractivity contribution is 5.52. The highest BCUT2D eigenvalue weighted by Crippen LogP contribution is 2.18. The second kappa shape index (κ2) is 3.01. The van der Waals surface area contributed by atoms with Crippen molar-refractivity contribution in [3.8, 4) is 11.5 Å². The number of benzene rings is 1. The smallest absolute Gasteiger partial charge is 0.226 e. The van der Waals surface area contributed by atoms with Crippen LogP contribution in [-0.4, -0.2) is 4.98 Å². The number of halogens is 1. The van der Waals surface area contributed by atoms with Gasteiger partial charge in [-0.15, -0.1) is 0 Å². The molecule has 2 rings (SSSR count). The Bertz CT molecular complexity index is 405. The third kappa shape index (κ3) is 1.59. The van der Waals surface area contributed by atoms with Crippen molar-refractivity contribution in [2.75, 3.05) is 0 Å². The van der Waals surface area contributed by atoms with Crippen molar-refractivity contribution in [1.82, 2.24) is 4.98 Å². The Kier molecular flexibility index (Phi) is 1.85. The molecule has 1 heterocycles. The molecule has 2 aromatic rings. The van der Waals surface area contributed by atoms with Gasteiger partial charge in [0.25, 0.3) is 0 Å². The van der Waals surface area contributed by atoms with Crippen LogP contribution in [0.3, 0.4) is 0 Å². The zero-order valence-electron chi connectivity index (χ0n) is 6.83. The predicted octanol–water partition coefficient (Wildman–Crippen LogP) is 2.66. The van der Waals surface area contributed by atoms with Crippen LogP contribution in [0.1, 0.15) is 5.69 Å². The number of rotatable bonds is 1. The molecule has 0 aliphatic carbocycles. The second-order valence-corrected chi connectivity index (χ2v) is 2.65. The quantitative estimate of drug-likeness (QED) is 0.667. The van der Waals surface area contributed by atoms with Gasteiger partial charge in [-0.2, -0.15) is 0 Å². The minimum Gasteiger partial charge on any atom is -0.444 e. The van der Waals surface area contributed by atoms with Gasteiger partial charge in [0.2, 0.25) is 5.89 Å². The van der Waals surface area contributed by atoms with E-state index in [-0.39, 0.29) is 5.82 Å². The van der Waals surface area contributed by atoms with Crippen molar-refractivity contribution in [2.24, 2.45) is 0 Å². The van der Waals surface area contributed by atoms with Gasteiger partial charge in [-0.3, -0.25) is 0 Å². The highest BCUT2D eigenvalue weighted by atomic mass is 19.1. The maximum Gasteiger partial charge on any atom is 0.226 e. The number of oxazole rings is 1. The molecule has 0 spiro atoms. The van der Waals surface area contributed by atoms with E-state index in [1.54, 1.807) is 12.1 Å². The Morgan fingerprint density at radius 1 is 1.23 bits per heavy atom.